The van der Waals surface area contributed by atoms with Crippen molar-refractivity contribution in [1.82, 2.24) is 0 Å². The summed E-state index contributed by atoms with van der Waals surface area (Å²) in [5.74, 6) is 0.400. The van der Waals surface area contributed by atoms with Gasteiger partial charge in [-0.3, -0.25) is 9.59 Å². The van der Waals surface area contributed by atoms with Crippen LogP contribution in [0, 0.1) is 0 Å². The van der Waals surface area contributed by atoms with Gasteiger partial charge >= 0.3 is 0 Å². The number of ether oxygens (including phenoxy) is 3. The molecule has 33 heavy (non-hydrogen) atoms. The molecule has 0 atom stereocenters. The second-order valence-corrected chi connectivity index (χ2v) is 7.01. The SMILES string of the molecule is COc1cc(OC)cc(C(=O)Nc2c(C(=O)Nc3ccccc3OC)oc3ccccc23)c1. The van der Waals surface area contributed by atoms with E-state index in [9.17, 15) is 9.59 Å². The Hall–Kier alpha value is -4.46. The van der Waals surface area contributed by atoms with Gasteiger partial charge in [0.05, 0.1) is 27.0 Å². The van der Waals surface area contributed by atoms with Crippen LogP contribution < -0.4 is 24.8 Å². The molecule has 4 aromatic rings. The first kappa shape index (κ1) is 21.8. The molecule has 4 rings (SSSR count). The van der Waals surface area contributed by atoms with E-state index in [1.165, 1.54) is 21.3 Å². The van der Waals surface area contributed by atoms with E-state index in [0.717, 1.165) is 0 Å². The van der Waals surface area contributed by atoms with Crippen LogP contribution in [0.25, 0.3) is 11.0 Å². The summed E-state index contributed by atoms with van der Waals surface area (Å²) in [5, 5.41) is 6.18. The van der Waals surface area contributed by atoms with Gasteiger partial charge < -0.3 is 29.3 Å². The molecule has 0 saturated carbocycles. The van der Waals surface area contributed by atoms with E-state index < -0.39 is 11.8 Å². The summed E-state index contributed by atoms with van der Waals surface area (Å²) < 4.78 is 21.6. The number of rotatable bonds is 7. The van der Waals surface area contributed by atoms with Crippen LogP contribution in [0.15, 0.2) is 71.1 Å². The Morgan fingerprint density at radius 1 is 0.758 bits per heavy atom. The fraction of sp³-hybridized carbons (Fsp3) is 0.120. The van der Waals surface area contributed by atoms with Gasteiger partial charge in [0, 0.05) is 17.0 Å². The maximum Gasteiger partial charge on any atom is 0.293 e. The number of carbonyl (C=O) groups is 2. The summed E-state index contributed by atoms with van der Waals surface area (Å²) in [6.07, 6.45) is 0. The second kappa shape index (κ2) is 9.35. The predicted molar refractivity (Wildman–Crippen MR) is 125 cm³/mol. The van der Waals surface area contributed by atoms with Crippen molar-refractivity contribution in [2.75, 3.05) is 32.0 Å². The van der Waals surface area contributed by atoms with Gasteiger partial charge in [-0.1, -0.05) is 24.3 Å². The molecule has 0 aliphatic rings. The van der Waals surface area contributed by atoms with Gasteiger partial charge in [-0.25, -0.2) is 0 Å². The number of fused-ring (bicyclic) bond motifs is 1. The van der Waals surface area contributed by atoms with E-state index in [0.29, 0.717) is 39.5 Å². The summed E-state index contributed by atoms with van der Waals surface area (Å²) in [4.78, 5) is 26.2. The number of hydrogen-bond donors (Lipinski definition) is 2. The lowest BCUT2D eigenvalue weighted by atomic mass is 10.1. The lowest BCUT2D eigenvalue weighted by Gasteiger charge is -2.11. The van der Waals surface area contributed by atoms with Crippen LogP contribution in [0.1, 0.15) is 20.9 Å². The van der Waals surface area contributed by atoms with Crippen molar-refractivity contribution in [3.63, 3.8) is 0 Å². The normalized spacial score (nSPS) is 10.5. The summed E-state index contributed by atoms with van der Waals surface area (Å²) in [7, 11) is 4.51. The quantitative estimate of drug-likeness (QED) is 0.416. The molecule has 0 aliphatic carbocycles. The first-order valence-electron chi connectivity index (χ1n) is 10.0. The molecule has 0 spiro atoms. The third kappa shape index (κ3) is 4.45. The average Bonchev–Trinajstić information content (AvgIpc) is 3.22. The van der Waals surface area contributed by atoms with Gasteiger partial charge in [-0.2, -0.15) is 0 Å². The highest BCUT2D eigenvalue weighted by Crippen LogP contribution is 2.33. The van der Waals surface area contributed by atoms with Crippen molar-refractivity contribution < 1.29 is 28.2 Å². The fourth-order valence-electron chi connectivity index (χ4n) is 3.38. The third-order valence-corrected chi connectivity index (χ3v) is 5.01. The lowest BCUT2D eigenvalue weighted by molar-refractivity contribution is 0.0999. The summed E-state index contributed by atoms with van der Waals surface area (Å²) in [6, 6.07) is 18.9. The summed E-state index contributed by atoms with van der Waals surface area (Å²) >= 11 is 0. The topological polar surface area (TPSA) is 99.0 Å². The van der Waals surface area contributed by atoms with E-state index in [-0.39, 0.29) is 11.4 Å². The molecule has 2 amide bonds. The standard InChI is InChI=1S/C25H22N2O6/c1-30-16-12-15(13-17(14-16)31-2)24(28)27-22-18-8-4-6-10-20(18)33-23(22)25(29)26-19-9-5-7-11-21(19)32-3/h4-14H,1-3H3,(H,26,29)(H,27,28). The van der Waals surface area contributed by atoms with Crippen LogP contribution >= 0.6 is 0 Å². The number of furan rings is 1. The van der Waals surface area contributed by atoms with Gasteiger partial charge in [-0.05, 0) is 36.4 Å². The van der Waals surface area contributed by atoms with Crippen molar-refractivity contribution in [1.29, 1.82) is 0 Å². The number of para-hydroxylation sites is 3. The van der Waals surface area contributed by atoms with Crippen molar-refractivity contribution in [2.24, 2.45) is 0 Å². The minimum Gasteiger partial charge on any atom is -0.497 e. The van der Waals surface area contributed by atoms with Crippen LogP contribution in [0.2, 0.25) is 0 Å². The Morgan fingerprint density at radius 2 is 1.42 bits per heavy atom. The fourth-order valence-corrected chi connectivity index (χ4v) is 3.38. The Labute approximate surface area is 190 Å². The van der Waals surface area contributed by atoms with Gasteiger partial charge in [-0.15, -0.1) is 0 Å². The summed E-state index contributed by atoms with van der Waals surface area (Å²) in [5.41, 5.74) is 1.49. The van der Waals surface area contributed by atoms with Crippen LogP contribution in [-0.4, -0.2) is 33.1 Å². The Kier molecular flexibility index (Phi) is 6.17. The predicted octanol–water partition coefficient (Wildman–Crippen LogP) is 4.96. The average molecular weight is 446 g/mol. The Morgan fingerprint density at radius 3 is 2.12 bits per heavy atom. The van der Waals surface area contributed by atoms with Crippen LogP contribution in [0.3, 0.4) is 0 Å². The van der Waals surface area contributed by atoms with Gasteiger partial charge in [0.25, 0.3) is 11.8 Å². The molecule has 0 radical (unpaired) electrons. The van der Waals surface area contributed by atoms with E-state index in [4.69, 9.17) is 18.6 Å². The lowest BCUT2D eigenvalue weighted by Crippen LogP contribution is -2.17. The molecule has 3 aromatic carbocycles. The molecule has 0 bridgehead atoms. The molecule has 8 nitrogen and oxygen atoms in total. The minimum atomic E-state index is -0.533. The van der Waals surface area contributed by atoms with E-state index >= 15 is 0 Å². The van der Waals surface area contributed by atoms with Crippen molar-refractivity contribution in [3.8, 4) is 17.2 Å². The number of methoxy groups -OCH3 is 3. The smallest absolute Gasteiger partial charge is 0.293 e. The van der Waals surface area contributed by atoms with E-state index in [1.54, 1.807) is 66.7 Å². The molecule has 2 N–H and O–H groups in total. The zero-order valence-electron chi connectivity index (χ0n) is 18.3. The van der Waals surface area contributed by atoms with Crippen LogP contribution in [-0.2, 0) is 0 Å². The Bertz CT molecular complexity index is 1310. The maximum absolute atomic E-state index is 13.1. The monoisotopic (exact) mass is 446 g/mol. The first-order chi connectivity index (χ1) is 16.0. The number of hydrogen-bond acceptors (Lipinski definition) is 6. The van der Waals surface area contributed by atoms with Crippen molar-refractivity contribution in [3.05, 3.63) is 78.1 Å². The highest BCUT2D eigenvalue weighted by Gasteiger charge is 2.24. The molecular formula is C25H22N2O6. The van der Waals surface area contributed by atoms with Gasteiger partial charge in [0.2, 0.25) is 5.76 Å². The molecule has 0 saturated heterocycles. The molecule has 0 aliphatic heterocycles. The first-order valence-corrected chi connectivity index (χ1v) is 10.0. The number of anilines is 2. The van der Waals surface area contributed by atoms with Crippen LogP contribution in [0.5, 0.6) is 17.2 Å². The number of amides is 2. The van der Waals surface area contributed by atoms with Gasteiger partial charge in [0.1, 0.15) is 28.5 Å². The van der Waals surface area contributed by atoms with Crippen molar-refractivity contribution >= 4 is 34.2 Å². The number of nitrogens with one attached hydrogen (secondary N) is 2. The third-order valence-electron chi connectivity index (χ3n) is 5.01. The maximum atomic E-state index is 13.1. The largest absolute Gasteiger partial charge is 0.497 e. The summed E-state index contributed by atoms with van der Waals surface area (Å²) in [6.45, 7) is 0. The second-order valence-electron chi connectivity index (χ2n) is 7.01. The van der Waals surface area contributed by atoms with E-state index in [1.807, 2.05) is 0 Å². The zero-order chi connectivity index (χ0) is 23.4. The zero-order valence-corrected chi connectivity index (χ0v) is 18.3. The number of benzene rings is 3. The van der Waals surface area contributed by atoms with Crippen molar-refractivity contribution in [2.45, 2.75) is 0 Å². The number of carbonyl (C=O) groups excluding carboxylic acids is 2. The van der Waals surface area contributed by atoms with Gasteiger partial charge in [0.15, 0.2) is 0 Å². The molecule has 8 heteroatoms. The molecule has 0 unspecified atom stereocenters. The molecule has 1 heterocycles. The minimum absolute atomic E-state index is 0.0367. The van der Waals surface area contributed by atoms with Crippen LogP contribution in [0.4, 0.5) is 11.4 Å². The molecule has 168 valence electrons. The highest BCUT2D eigenvalue weighted by molar-refractivity contribution is 6.17. The molecule has 0 fully saturated rings. The van der Waals surface area contributed by atoms with E-state index in [2.05, 4.69) is 10.6 Å². The molecular weight excluding hydrogens is 424 g/mol. The Balaban J connectivity index is 1.71. The highest BCUT2D eigenvalue weighted by atomic mass is 16.5. The molecule has 1 aromatic heterocycles.